The Hall–Kier alpha value is -1.35. The molecule has 1 heterocycles. The number of hydrogen-bond acceptors (Lipinski definition) is 2. The Balaban J connectivity index is 2.54. The van der Waals surface area contributed by atoms with Gasteiger partial charge in [-0.25, -0.2) is 4.98 Å². The van der Waals surface area contributed by atoms with E-state index >= 15 is 0 Å². The summed E-state index contributed by atoms with van der Waals surface area (Å²) in [6, 6.07) is 5.80. The lowest BCUT2D eigenvalue weighted by Crippen LogP contribution is -1.89. The van der Waals surface area contributed by atoms with Crippen LogP contribution in [0.1, 0.15) is 31.3 Å². The number of benzene rings is 1. The highest BCUT2D eigenvalue weighted by atomic mass is 16.3. The number of nitrogens with zero attached hydrogens (tertiary/aromatic N) is 1. The van der Waals surface area contributed by atoms with E-state index in [1.807, 2.05) is 18.2 Å². The molecular formula is C11H14N2O. The van der Waals surface area contributed by atoms with Gasteiger partial charge >= 0.3 is 0 Å². The topological polar surface area (TPSA) is 48.9 Å². The molecule has 0 spiro atoms. The summed E-state index contributed by atoms with van der Waals surface area (Å²) in [7, 11) is 0. The summed E-state index contributed by atoms with van der Waals surface area (Å²) in [5.74, 6) is 0.989. The molecular weight excluding hydrogens is 176 g/mol. The van der Waals surface area contributed by atoms with E-state index in [0.717, 1.165) is 28.8 Å². The Morgan fingerprint density at radius 3 is 2.93 bits per heavy atom. The van der Waals surface area contributed by atoms with Crippen LogP contribution in [-0.4, -0.2) is 15.1 Å². The molecule has 0 fully saturated rings. The largest absolute Gasteiger partial charge is 0.389 e. The average molecular weight is 190 g/mol. The Morgan fingerprint density at radius 1 is 1.50 bits per heavy atom. The van der Waals surface area contributed by atoms with Crippen LogP contribution in [0.25, 0.3) is 11.0 Å². The molecule has 2 aromatic rings. The van der Waals surface area contributed by atoms with Crippen molar-refractivity contribution in [3.05, 3.63) is 29.6 Å². The van der Waals surface area contributed by atoms with E-state index in [-0.39, 0.29) is 0 Å². The SMILES string of the molecule is CCc1nc2ccc(C(C)O)cc2[nH]1. The molecule has 2 rings (SSSR count). The van der Waals surface area contributed by atoms with Gasteiger partial charge in [0.2, 0.25) is 0 Å². The van der Waals surface area contributed by atoms with Gasteiger partial charge in [0.15, 0.2) is 0 Å². The lowest BCUT2D eigenvalue weighted by atomic mass is 10.1. The first kappa shape index (κ1) is 9.21. The number of aliphatic hydroxyl groups excluding tert-OH is 1. The number of rotatable bonds is 2. The molecule has 0 amide bonds. The number of aryl methyl sites for hydroxylation is 1. The molecule has 0 saturated heterocycles. The van der Waals surface area contributed by atoms with Gasteiger partial charge in [0.25, 0.3) is 0 Å². The number of hydrogen-bond donors (Lipinski definition) is 2. The van der Waals surface area contributed by atoms with Gasteiger partial charge in [-0.15, -0.1) is 0 Å². The fourth-order valence-electron chi connectivity index (χ4n) is 1.51. The van der Waals surface area contributed by atoms with E-state index in [2.05, 4.69) is 16.9 Å². The fraction of sp³-hybridized carbons (Fsp3) is 0.364. The summed E-state index contributed by atoms with van der Waals surface area (Å²) in [6.07, 6.45) is 0.478. The van der Waals surface area contributed by atoms with E-state index in [1.165, 1.54) is 0 Å². The predicted molar refractivity (Wildman–Crippen MR) is 56.1 cm³/mol. The minimum atomic E-state index is -0.423. The van der Waals surface area contributed by atoms with Crippen LogP contribution < -0.4 is 0 Å². The molecule has 0 saturated carbocycles. The average Bonchev–Trinajstić information content (AvgIpc) is 2.58. The maximum Gasteiger partial charge on any atom is 0.106 e. The lowest BCUT2D eigenvalue weighted by Gasteiger charge is -2.02. The molecule has 0 aliphatic heterocycles. The number of H-pyrrole nitrogens is 1. The Labute approximate surface area is 82.8 Å². The van der Waals surface area contributed by atoms with Gasteiger partial charge < -0.3 is 10.1 Å². The molecule has 3 nitrogen and oxygen atoms in total. The first-order valence-electron chi connectivity index (χ1n) is 4.87. The van der Waals surface area contributed by atoms with Gasteiger partial charge in [0.05, 0.1) is 17.1 Å². The van der Waals surface area contributed by atoms with Gasteiger partial charge in [-0.3, -0.25) is 0 Å². The second-order valence-electron chi connectivity index (χ2n) is 3.49. The van der Waals surface area contributed by atoms with Crippen molar-refractivity contribution >= 4 is 11.0 Å². The van der Waals surface area contributed by atoms with E-state index in [4.69, 9.17) is 0 Å². The molecule has 74 valence electrons. The lowest BCUT2D eigenvalue weighted by molar-refractivity contribution is 0.199. The quantitative estimate of drug-likeness (QED) is 0.762. The molecule has 0 radical (unpaired) electrons. The van der Waals surface area contributed by atoms with Crippen LogP contribution in [0.5, 0.6) is 0 Å². The monoisotopic (exact) mass is 190 g/mol. The summed E-state index contributed by atoms with van der Waals surface area (Å²) in [6.45, 7) is 3.82. The number of aromatic nitrogens is 2. The molecule has 0 aliphatic rings. The van der Waals surface area contributed by atoms with Gasteiger partial charge in [-0.05, 0) is 24.6 Å². The van der Waals surface area contributed by atoms with Crippen LogP contribution in [0, 0.1) is 0 Å². The number of aliphatic hydroxyl groups is 1. The van der Waals surface area contributed by atoms with Gasteiger partial charge in [0.1, 0.15) is 5.82 Å². The van der Waals surface area contributed by atoms with Crippen LogP contribution in [0.2, 0.25) is 0 Å². The van der Waals surface area contributed by atoms with Crippen molar-refractivity contribution in [3.63, 3.8) is 0 Å². The van der Waals surface area contributed by atoms with E-state index in [9.17, 15) is 5.11 Å². The highest BCUT2D eigenvalue weighted by molar-refractivity contribution is 5.75. The third-order valence-corrected chi connectivity index (χ3v) is 2.37. The van der Waals surface area contributed by atoms with Crippen LogP contribution in [0.15, 0.2) is 18.2 Å². The van der Waals surface area contributed by atoms with Crippen LogP contribution >= 0.6 is 0 Å². The van der Waals surface area contributed by atoms with Crippen molar-refractivity contribution in [2.45, 2.75) is 26.4 Å². The maximum absolute atomic E-state index is 9.41. The van der Waals surface area contributed by atoms with Gasteiger partial charge in [-0.2, -0.15) is 0 Å². The molecule has 2 N–H and O–H groups in total. The third-order valence-electron chi connectivity index (χ3n) is 2.37. The van der Waals surface area contributed by atoms with Crippen molar-refractivity contribution in [3.8, 4) is 0 Å². The summed E-state index contributed by atoms with van der Waals surface area (Å²) in [4.78, 5) is 7.61. The van der Waals surface area contributed by atoms with Gasteiger partial charge in [-0.1, -0.05) is 13.0 Å². The zero-order valence-corrected chi connectivity index (χ0v) is 8.41. The van der Waals surface area contributed by atoms with Crippen LogP contribution in [0.3, 0.4) is 0 Å². The van der Waals surface area contributed by atoms with Crippen LogP contribution in [-0.2, 0) is 6.42 Å². The third kappa shape index (κ3) is 1.51. The molecule has 1 aromatic carbocycles. The predicted octanol–water partition coefficient (Wildman–Crippen LogP) is 2.18. The summed E-state index contributed by atoms with van der Waals surface area (Å²) < 4.78 is 0. The zero-order chi connectivity index (χ0) is 10.1. The molecule has 1 unspecified atom stereocenters. The Kier molecular flexibility index (Phi) is 2.25. The molecule has 0 bridgehead atoms. The minimum absolute atomic E-state index is 0.423. The van der Waals surface area contributed by atoms with Crippen molar-refractivity contribution in [1.29, 1.82) is 0 Å². The molecule has 1 aromatic heterocycles. The minimum Gasteiger partial charge on any atom is -0.389 e. The van der Waals surface area contributed by atoms with E-state index in [0.29, 0.717) is 0 Å². The molecule has 0 aliphatic carbocycles. The highest BCUT2D eigenvalue weighted by Crippen LogP contribution is 2.18. The normalized spacial score (nSPS) is 13.4. The maximum atomic E-state index is 9.41. The van der Waals surface area contributed by atoms with Crippen molar-refractivity contribution in [1.82, 2.24) is 9.97 Å². The number of nitrogens with one attached hydrogen (secondary N) is 1. The number of aromatic amines is 1. The smallest absolute Gasteiger partial charge is 0.106 e. The summed E-state index contributed by atoms with van der Waals surface area (Å²) in [5, 5.41) is 9.41. The Morgan fingerprint density at radius 2 is 2.29 bits per heavy atom. The molecule has 3 heteroatoms. The van der Waals surface area contributed by atoms with Gasteiger partial charge in [0, 0.05) is 6.42 Å². The first-order valence-corrected chi connectivity index (χ1v) is 4.87. The second-order valence-corrected chi connectivity index (χ2v) is 3.49. The van der Waals surface area contributed by atoms with Crippen LogP contribution in [0.4, 0.5) is 0 Å². The molecule has 14 heavy (non-hydrogen) atoms. The fourth-order valence-corrected chi connectivity index (χ4v) is 1.51. The zero-order valence-electron chi connectivity index (χ0n) is 8.41. The highest BCUT2D eigenvalue weighted by Gasteiger charge is 2.04. The van der Waals surface area contributed by atoms with E-state index < -0.39 is 6.10 Å². The summed E-state index contributed by atoms with van der Waals surface area (Å²) >= 11 is 0. The van der Waals surface area contributed by atoms with Crippen molar-refractivity contribution in [2.24, 2.45) is 0 Å². The number of fused-ring (bicyclic) bond motifs is 1. The number of imidazole rings is 1. The summed E-state index contributed by atoms with van der Waals surface area (Å²) in [5.41, 5.74) is 2.88. The standard InChI is InChI=1S/C11H14N2O/c1-3-11-12-9-5-4-8(7(2)14)6-10(9)13-11/h4-7,14H,3H2,1-2H3,(H,12,13). The van der Waals surface area contributed by atoms with E-state index in [1.54, 1.807) is 6.92 Å². The van der Waals surface area contributed by atoms with Crippen molar-refractivity contribution in [2.75, 3.05) is 0 Å². The Bertz CT molecular complexity index is 445. The van der Waals surface area contributed by atoms with Crippen molar-refractivity contribution < 1.29 is 5.11 Å². The second kappa shape index (κ2) is 3.42. The molecule has 1 atom stereocenters. The first-order chi connectivity index (χ1) is 6.70.